The third kappa shape index (κ3) is 4.59. The van der Waals surface area contributed by atoms with E-state index in [0.717, 1.165) is 17.0 Å². The molecule has 0 aliphatic heterocycles. The van der Waals surface area contributed by atoms with Crippen LogP contribution in [0, 0.1) is 11.8 Å². The molecule has 4 nitrogen and oxygen atoms in total. The van der Waals surface area contributed by atoms with Crippen molar-refractivity contribution in [3.8, 4) is 17.6 Å². The van der Waals surface area contributed by atoms with Crippen molar-refractivity contribution in [1.82, 2.24) is 5.32 Å². The normalized spacial score (nSPS) is 9.19. The molecule has 106 valence electrons. The predicted octanol–water partition coefficient (Wildman–Crippen LogP) is 2.87. The zero-order chi connectivity index (χ0) is 14.9. The van der Waals surface area contributed by atoms with E-state index < -0.39 is 0 Å². The Morgan fingerprint density at radius 1 is 1.10 bits per heavy atom. The summed E-state index contributed by atoms with van der Waals surface area (Å²) >= 11 is 0. The van der Waals surface area contributed by atoms with Crippen LogP contribution in [0.1, 0.15) is 5.56 Å². The highest BCUT2D eigenvalue weighted by Gasteiger charge is 1.99. The van der Waals surface area contributed by atoms with Gasteiger partial charge in [0.2, 0.25) is 0 Å². The second-order valence-electron chi connectivity index (χ2n) is 4.18. The molecule has 2 amide bonds. The lowest BCUT2D eigenvalue weighted by Gasteiger charge is -2.04. The highest BCUT2D eigenvalue weighted by atomic mass is 16.5. The van der Waals surface area contributed by atoms with Gasteiger partial charge in [-0.05, 0) is 24.3 Å². The minimum atomic E-state index is -0.282. The fourth-order valence-corrected chi connectivity index (χ4v) is 1.71. The molecule has 4 heteroatoms. The standard InChI is InChI=1S/C17H16N2O2/c1-21-16-12-6-5-8-14(16)9-7-13-18-17(20)19-15-10-3-2-4-11-15/h2-6,8,10-12H,13H2,1H3,(H2,18,19,20). The smallest absolute Gasteiger partial charge is 0.319 e. The summed E-state index contributed by atoms with van der Waals surface area (Å²) in [6, 6.07) is 16.5. The average molecular weight is 280 g/mol. The van der Waals surface area contributed by atoms with Crippen LogP contribution in [-0.2, 0) is 0 Å². The Morgan fingerprint density at radius 3 is 2.57 bits per heavy atom. The minimum Gasteiger partial charge on any atom is -0.495 e. The molecule has 2 aromatic carbocycles. The van der Waals surface area contributed by atoms with E-state index in [0.29, 0.717) is 0 Å². The summed E-state index contributed by atoms with van der Waals surface area (Å²) in [6.45, 7) is 0.261. The van der Waals surface area contributed by atoms with E-state index in [1.807, 2.05) is 54.6 Å². The number of hydrogen-bond donors (Lipinski definition) is 2. The fourth-order valence-electron chi connectivity index (χ4n) is 1.71. The summed E-state index contributed by atoms with van der Waals surface area (Å²) in [5.41, 5.74) is 1.54. The Labute approximate surface area is 124 Å². The number of methoxy groups -OCH3 is 1. The Bertz CT molecular complexity index is 657. The summed E-state index contributed by atoms with van der Waals surface area (Å²) in [5, 5.41) is 5.40. The van der Waals surface area contributed by atoms with Gasteiger partial charge in [-0.25, -0.2) is 4.79 Å². The molecule has 0 unspecified atom stereocenters. The minimum absolute atomic E-state index is 0.261. The van der Waals surface area contributed by atoms with Gasteiger partial charge in [0.25, 0.3) is 0 Å². The van der Waals surface area contributed by atoms with E-state index >= 15 is 0 Å². The number of benzene rings is 2. The van der Waals surface area contributed by atoms with Crippen LogP contribution in [0.2, 0.25) is 0 Å². The number of hydrogen-bond acceptors (Lipinski definition) is 2. The van der Waals surface area contributed by atoms with Crippen LogP contribution in [0.3, 0.4) is 0 Å². The molecule has 0 aromatic heterocycles. The number of anilines is 1. The first-order chi connectivity index (χ1) is 10.3. The highest BCUT2D eigenvalue weighted by Crippen LogP contribution is 2.15. The molecule has 0 bridgehead atoms. The third-order valence-electron chi connectivity index (χ3n) is 2.70. The van der Waals surface area contributed by atoms with Crippen molar-refractivity contribution in [3.63, 3.8) is 0 Å². The van der Waals surface area contributed by atoms with E-state index in [1.54, 1.807) is 7.11 Å². The molecule has 0 saturated carbocycles. The lowest BCUT2D eigenvalue weighted by molar-refractivity contribution is 0.253. The molecule has 0 radical (unpaired) electrons. The molecule has 2 aromatic rings. The van der Waals surface area contributed by atoms with Crippen LogP contribution < -0.4 is 15.4 Å². The maximum atomic E-state index is 11.6. The van der Waals surface area contributed by atoms with Crippen molar-refractivity contribution in [2.24, 2.45) is 0 Å². The summed E-state index contributed by atoms with van der Waals surface area (Å²) in [7, 11) is 1.60. The summed E-state index contributed by atoms with van der Waals surface area (Å²) in [5.74, 6) is 6.58. The van der Waals surface area contributed by atoms with E-state index in [-0.39, 0.29) is 12.6 Å². The van der Waals surface area contributed by atoms with E-state index in [2.05, 4.69) is 22.5 Å². The molecular formula is C17H16N2O2. The van der Waals surface area contributed by atoms with Gasteiger partial charge in [-0.3, -0.25) is 0 Å². The highest BCUT2D eigenvalue weighted by molar-refractivity contribution is 5.89. The van der Waals surface area contributed by atoms with Crippen molar-refractivity contribution in [1.29, 1.82) is 0 Å². The molecule has 0 fully saturated rings. The molecule has 21 heavy (non-hydrogen) atoms. The molecule has 0 atom stereocenters. The largest absolute Gasteiger partial charge is 0.495 e. The van der Waals surface area contributed by atoms with Gasteiger partial charge in [-0.15, -0.1) is 0 Å². The van der Waals surface area contributed by atoms with Gasteiger partial charge in [0.1, 0.15) is 5.75 Å². The topological polar surface area (TPSA) is 50.4 Å². The number of nitrogens with one attached hydrogen (secondary N) is 2. The lowest BCUT2D eigenvalue weighted by atomic mass is 10.2. The number of para-hydroxylation sites is 2. The van der Waals surface area contributed by atoms with Crippen molar-refractivity contribution in [2.75, 3.05) is 19.0 Å². The SMILES string of the molecule is COc1ccccc1C#CCNC(=O)Nc1ccccc1. The van der Waals surface area contributed by atoms with Gasteiger partial charge in [0.05, 0.1) is 19.2 Å². The molecule has 2 rings (SSSR count). The average Bonchev–Trinajstić information content (AvgIpc) is 2.53. The van der Waals surface area contributed by atoms with E-state index in [9.17, 15) is 4.79 Å². The molecular weight excluding hydrogens is 264 g/mol. The number of carbonyl (C=O) groups excluding carboxylic acids is 1. The molecule has 0 saturated heterocycles. The number of urea groups is 1. The van der Waals surface area contributed by atoms with Crippen molar-refractivity contribution in [2.45, 2.75) is 0 Å². The summed E-state index contributed by atoms with van der Waals surface area (Å²) in [6.07, 6.45) is 0. The van der Waals surface area contributed by atoms with Crippen LogP contribution in [0.15, 0.2) is 54.6 Å². The summed E-state index contributed by atoms with van der Waals surface area (Å²) < 4.78 is 5.20. The maximum absolute atomic E-state index is 11.6. The van der Waals surface area contributed by atoms with Crippen LogP contribution in [-0.4, -0.2) is 19.7 Å². The third-order valence-corrected chi connectivity index (χ3v) is 2.70. The van der Waals surface area contributed by atoms with Crippen LogP contribution in [0.5, 0.6) is 5.75 Å². The van der Waals surface area contributed by atoms with Gasteiger partial charge in [-0.1, -0.05) is 42.2 Å². The number of rotatable bonds is 3. The van der Waals surface area contributed by atoms with Crippen LogP contribution in [0.25, 0.3) is 0 Å². The second-order valence-corrected chi connectivity index (χ2v) is 4.18. The van der Waals surface area contributed by atoms with Crippen LogP contribution in [0.4, 0.5) is 10.5 Å². The monoisotopic (exact) mass is 280 g/mol. The molecule has 0 aliphatic rings. The second kappa shape index (κ2) is 7.61. The Hall–Kier alpha value is -2.93. The molecule has 2 N–H and O–H groups in total. The van der Waals surface area contributed by atoms with Crippen LogP contribution >= 0.6 is 0 Å². The lowest BCUT2D eigenvalue weighted by Crippen LogP contribution is -2.28. The number of ether oxygens (including phenoxy) is 1. The van der Waals surface area contributed by atoms with Gasteiger partial charge in [0.15, 0.2) is 0 Å². The Kier molecular flexibility index (Phi) is 5.25. The number of carbonyl (C=O) groups is 1. The fraction of sp³-hybridized carbons (Fsp3) is 0.118. The number of amides is 2. The van der Waals surface area contributed by atoms with Crippen molar-refractivity contribution >= 4 is 11.7 Å². The van der Waals surface area contributed by atoms with Gasteiger partial charge >= 0.3 is 6.03 Å². The van der Waals surface area contributed by atoms with Gasteiger partial charge < -0.3 is 15.4 Å². The first kappa shape index (κ1) is 14.5. The predicted molar refractivity (Wildman–Crippen MR) is 83.3 cm³/mol. The Morgan fingerprint density at radius 2 is 1.81 bits per heavy atom. The van der Waals surface area contributed by atoms with E-state index in [1.165, 1.54) is 0 Å². The maximum Gasteiger partial charge on any atom is 0.319 e. The van der Waals surface area contributed by atoms with Crippen molar-refractivity contribution < 1.29 is 9.53 Å². The quantitative estimate of drug-likeness (QED) is 0.849. The molecule has 0 heterocycles. The van der Waals surface area contributed by atoms with Gasteiger partial charge in [-0.2, -0.15) is 0 Å². The van der Waals surface area contributed by atoms with Gasteiger partial charge in [0, 0.05) is 5.69 Å². The molecule has 0 spiro atoms. The van der Waals surface area contributed by atoms with E-state index in [4.69, 9.17) is 4.74 Å². The Balaban J connectivity index is 1.85. The van der Waals surface area contributed by atoms with Crippen molar-refractivity contribution in [3.05, 3.63) is 60.2 Å². The first-order valence-electron chi connectivity index (χ1n) is 6.51. The first-order valence-corrected chi connectivity index (χ1v) is 6.51. The zero-order valence-corrected chi connectivity index (χ0v) is 11.7. The zero-order valence-electron chi connectivity index (χ0n) is 11.7. The molecule has 0 aliphatic carbocycles. The summed E-state index contributed by atoms with van der Waals surface area (Å²) in [4.78, 5) is 11.6.